The normalized spacial score (nSPS) is 36.9. The zero-order valence-corrected chi connectivity index (χ0v) is 16.3. The quantitative estimate of drug-likeness (QED) is 0.711. The third-order valence-corrected chi connectivity index (χ3v) is 8.15. The van der Waals surface area contributed by atoms with Gasteiger partial charge in [0.25, 0.3) is 20.2 Å². The van der Waals surface area contributed by atoms with Crippen LogP contribution in [0.25, 0.3) is 0 Å². The molecular weight excluding hydrogens is 384 g/mol. The highest BCUT2D eigenvalue weighted by Gasteiger charge is 2.59. The van der Waals surface area contributed by atoms with Gasteiger partial charge in [0.2, 0.25) is 0 Å². The van der Waals surface area contributed by atoms with E-state index in [1.807, 2.05) is 12.1 Å². The molecule has 1 saturated heterocycles. The fourth-order valence-corrected chi connectivity index (χ4v) is 8.07. The summed E-state index contributed by atoms with van der Waals surface area (Å²) in [6.07, 6.45) is 2.21. The standard InChI is InChI=1S/C16H20O6S3/c1-24(17,18)21-11-7-8-12(22-25(2,19)20)14-13(11)15-9-5-3-4-6-10(9)16(14)23-15/h3-6,11-16H,7-8H2,1-2H3/t11-,12+,13?,14?,15+,16-. The van der Waals surface area contributed by atoms with Crippen LogP contribution in [0.15, 0.2) is 24.3 Å². The van der Waals surface area contributed by atoms with Gasteiger partial charge in [-0.05, 0) is 24.0 Å². The van der Waals surface area contributed by atoms with E-state index < -0.39 is 32.4 Å². The van der Waals surface area contributed by atoms with E-state index in [1.165, 1.54) is 11.1 Å². The maximum Gasteiger partial charge on any atom is 0.264 e. The van der Waals surface area contributed by atoms with E-state index in [9.17, 15) is 16.8 Å². The summed E-state index contributed by atoms with van der Waals surface area (Å²) in [6.45, 7) is 0. The van der Waals surface area contributed by atoms with E-state index >= 15 is 0 Å². The topological polar surface area (TPSA) is 86.7 Å². The van der Waals surface area contributed by atoms with Gasteiger partial charge in [-0.25, -0.2) is 0 Å². The lowest BCUT2D eigenvalue weighted by atomic mass is 9.66. The lowest BCUT2D eigenvalue weighted by Crippen LogP contribution is -2.46. The maximum atomic E-state index is 11.7. The van der Waals surface area contributed by atoms with Crippen molar-refractivity contribution in [3.8, 4) is 0 Å². The summed E-state index contributed by atoms with van der Waals surface area (Å²) in [5.41, 5.74) is 2.42. The lowest BCUT2D eigenvalue weighted by Gasteiger charge is -2.43. The third-order valence-electron chi connectivity index (χ3n) is 5.24. The van der Waals surface area contributed by atoms with Gasteiger partial charge in [-0.2, -0.15) is 16.8 Å². The highest BCUT2D eigenvalue weighted by Crippen LogP contribution is 2.70. The minimum atomic E-state index is -3.58. The first-order valence-electron chi connectivity index (χ1n) is 8.15. The van der Waals surface area contributed by atoms with Gasteiger partial charge in [0.1, 0.15) is 0 Å². The van der Waals surface area contributed by atoms with E-state index in [-0.39, 0.29) is 22.3 Å². The number of thioether (sulfide) groups is 1. The molecule has 138 valence electrons. The van der Waals surface area contributed by atoms with Crippen LogP contribution in [0, 0.1) is 11.8 Å². The Balaban J connectivity index is 1.73. The molecule has 0 aromatic heterocycles. The van der Waals surface area contributed by atoms with Crippen molar-refractivity contribution < 1.29 is 25.2 Å². The second-order valence-electron chi connectivity index (χ2n) is 7.02. The fraction of sp³-hybridized carbons (Fsp3) is 0.625. The summed E-state index contributed by atoms with van der Waals surface area (Å²) in [5.74, 6) is -0.139. The number of rotatable bonds is 4. The van der Waals surface area contributed by atoms with Crippen molar-refractivity contribution in [2.24, 2.45) is 11.8 Å². The molecule has 6 nitrogen and oxygen atoms in total. The van der Waals surface area contributed by atoms with Gasteiger partial charge in [0.15, 0.2) is 0 Å². The molecule has 0 radical (unpaired) electrons. The molecule has 0 spiro atoms. The first-order chi connectivity index (χ1) is 11.6. The molecule has 9 heteroatoms. The predicted octanol–water partition coefficient (Wildman–Crippen LogP) is 2.25. The Kier molecular flexibility index (Phi) is 4.23. The summed E-state index contributed by atoms with van der Waals surface area (Å²) in [4.78, 5) is 0. The molecule has 2 fully saturated rings. The van der Waals surface area contributed by atoms with Crippen molar-refractivity contribution in [3.05, 3.63) is 35.4 Å². The SMILES string of the molecule is CS(=O)(=O)O[C@H]1CC[C@@H](OS(C)(=O)=O)C2C1[C@@H]1S[C@H]2c2ccccc21. The van der Waals surface area contributed by atoms with Crippen molar-refractivity contribution in [1.82, 2.24) is 0 Å². The first-order valence-corrected chi connectivity index (χ1v) is 12.7. The molecule has 1 aromatic carbocycles. The second-order valence-corrected chi connectivity index (χ2v) is 11.5. The summed E-state index contributed by atoms with van der Waals surface area (Å²) in [5, 5.41) is 0.229. The van der Waals surface area contributed by atoms with Crippen molar-refractivity contribution in [3.63, 3.8) is 0 Å². The predicted molar refractivity (Wildman–Crippen MR) is 95.2 cm³/mol. The number of hydrogen-bond acceptors (Lipinski definition) is 7. The van der Waals surface area contributed by atoms with Gasteiger partial charge >= 0.3 is 0 Å². The van der Waals surface area contributed by atoms with Crippen LogP contribution in [0.4, 0.5) is 0 Å². The molecule has 25 heavy (non-hydrogen) atoms. The Labute approximate surface area is 152 Å². The van der Waals surface area contributed by atoms with Crippen molar-refractivity contribution >= 4 is 32.0 Å². The van der Waals surface area contributed by atoms with Crippen LogP contribution >= 0.6 is 11.8 Å². The Hall–Kier alpha value is -0.610. The van der Waals surface area contributed by atoms with Crippen LogP contribution < -0.4 is 0 Å². The van der Waals surface area contributed by atoms with Crippen LogP contribution in [0.2, 0.25) is 0 Å². The third kappa shape index (κ3) is 3.25. The molecule has 2 aliphatic heterocycles. The van der Waals surface area contributed by atoms with Gasteiger partial charge in [-0.1, -0.05) is 24.3 Å². The van der Waals surface area contributed by atoms with Gasteiger partial charge in [0, 0.05) is 22.3 Å². The average molecular weight is 405 g/mol. The summed E-state index contributed by atoms with van der Waals surface area (Å²) < 4.78 is 57.6. The molecule has 1 aliphatic carbocycles. The Morgan fingerprint density at radius 2 is 1.24 bits per heavy atom. The molecule has 2 heterocycles. The van der Waals surface area contributed by atoms with Crippen molar-refractivity contribution in [2.75, 3.05) is 12.5 Å². The molecule has 2 unspecified atom stereocenters. The number of benzene rings is 1. The number of hydrogen-bond donors (Lipinski definition) is 0. The monoisotopic (exact) mass is 404 g/mol. The van der Waals surface area contributed by atoms with Gasteiger partial charge in [0.05, 0.1) is 24.7 Å². The lowest BCUT2D eigenvalue weighted by molar-refractivity contribution is -0.0138. The van der Waals surface area contributed by atoms with Crippen LogP contribution in [0.1, 0.15) is 34.5 Å². The molecule has 3 aliphatic rings. The van der Waals surface area contributed by atoms with Gasteiger partial charge in [-0.15, -0.1) is 11.8 Å². The van der Waals surface area contributed by atoms with E-state index in [1.54, 1.807) is 11.8 Å². The van der Waals surface area contributed by atoms with E-state index in [2.05, 4.69) is 12.1 Å². The van der Waals surface area contributed by atoms with Gasteiger partial charge in [-0.3, -0.25) is 8.37 Å². The Bertz CT molecular complexity index is 821. The van der Waals surface area contributed by atoms with Crippen LogP contribution in [0.3, 0.4) is 0 Å². The van der Waals surface area contributed by atoms with Crippen LogP contribution in [-0.4, -0.2) is 41.6 Å². The van der Waals surface area contributed by atoms with E-state index in [0.717, 1.165) is 12.5 Å². The van der Waals surface area contributed by atoms with Crippen LogP contribution in [0.5, 0.6) is 0 Å². The first kappa shape index (κ1) is 17.8. The summed E-state index contributed by atoms with van der Waals surface area (Å²) in [6, 6.07) is 8.10. The highest BCUT2D eigenvalue weighted by molar-refractivity contribution is 8.00. The molecule has 2 bridgehead atoms. The second kappa shape index (κ2) is 5.95. The minimum absolute atomic E-state index is 0.0693. The average Bonchev–Trinajstić information content (AvgIpc) is 3.05. The zero-order chi connectivity index (χ0) is 18.0. The minimum Gasteiger partial charge on any atom is -0.267 e. The summed E-state index contributed by atoms with van der Waals surface area (Å²) >= 11 is 1.78. The molecule has 0 N–H and O–H groups in total. The maximum absolute atomic E-state index is 11.7. The zero-order valence-electron chi connectivity index (χ0n) is 13.9. The molecular formula is C16H20O6S3. The Morgan fingerprint density at radius 3 is 1.60 bits per heavy atom. The van der Waals surface area contributed by atoms with E-state index in [4.69, 9.17) is 8.37 Å². The smallest absolute Gasteiger partial charge is 0.264 e. The number of fused-ring (bicyclic) bond motifs is 8. The molecule has 1 saturated carbocycles. The highest BCUT2D eigenvalue weighted by atomic mass is 32.2. The Morgan fingerprint density at radius 1 is 0.840 bits per heavy atom. The van der Waals surface area contributed by atoms with Crippen LogP contribution in [-0.2, 0) is 28.6 Å². The van der Waals surface area contributed by atoms with Crippen molar-refractivity contribution in [2.45, 2.75) is 35.5 Å². The van der Waals surface area contributed by atoms with Crippen molar-refractivity contribution in [1.29, 1.82) is 0 Å². The molecule has 0 amide bonds. The van der Waals surface area contributed by atoms with Gasteiger partial charge < -0.3 is 0 Å². The largest absolute Gasteiger partial charge is 0.267 e. The van der Waals surface area contributed by atoms with E-state index in [0.29, 0.717) is 12.8 Å². The molecule has 1 aromatic rings. The summed E-state index contributed by atoms with van der Waals surface area (Å²) in [7, 11) is -7.16. The molecule has 4 rings (SSSR count). The fourth-order valence-electron chi connectivity index (χ4n) is 4.61. The molecule has 6 atom stereocenters.